The normalized spacial score (nSPS) is 25.6. The molecule has 3 heterocycles. The molecule has 2 bridgehead atoms. The Labute approximate surface area is 149 Å². The zero-order valence-electron chi connectivity index (χ0n) is 12.6. The maximum absolute atomic E-state index is 12.0. The summed E-state index contributed by atoms with van der Waals surface area (Å²) in [5.74, 6) is 0.249. The highest BCUT2D eigenvalue weighted by atomic mass is 35.6. The number of nitrogens with zero attached hydrogens (tertiary/aromatic N) is 2. The number of hydrogen-bond acceptors (Lipinski definition) is 3. The summed E-state index contributed by atoms with van der Waals surface area (Å²) in [6.45, 7) is 3.38. The third-order valence-electron chi connectivity index (χ3n) is 4.52. The van der Waals surface area contributed by atoms with Gasteiger partial charge in [0.05, 0.1) is 0 Å². The van der Waals surface area contributed by atoms with Crippen molar-refractivity contribution in [2.24, 2.45) is 5.92 Å². The Morgan fingerprint density at radius 1 is 1.30 bits per heavy atom. The van der Waals surface area contributed by atoms with E-state index in [4.69, 9.17) is 34.8 Å². The maximum Gasteiger partial charge on any atom is 0.250 e. The first-order chi connectivity index (χ1) is 10.8. The van der Waals surface area contributed by atoms with Crippen molar-refractivity contribution in [3.8, 4) is 0 Å². The third-order valence-corrected chi connectivity index (χ3v) is 5.14. The van der Waals surface area contributed by atoms with Crippen molar-refractivity contribution in [1.82, 2.24) is 14.8 Å². The van der Waals surface area contributed by atoms with E-state index in [-0.39, 0.29) is 17.4 Å². The van der Waals surface area contributed by atoms with Crippen LogP contribution in [0.25, 0.3) is 0 Å². The molecule has 5 nitrogen and oxygen atoms in total. The Morgan fingerprint density at radius 2 is 2.04 bits per heavy atom. The van der Waals surface area contributed by atoms with E-state index in [0.717, 1.165) is 12.1 Å². The number of rotatable bonds is 2. The van der Waals surface area contributed by atoms with Crippen molar-refractivity contribution < 1.29 is 4.79 Å². The number of fused-ring (bicyclic) bond motifs is 4. The van der Waals surface area contributed by atoms with Crippen LogP contribution < -0.4 is 10.9 Å². The van der Waals surface area contributed by atoms with Crippen LogP contribution in [0.5, 0.6) is 0 Å². The molecule has 2 aliphatic heterocycles. The molecule has 2 aliphatic rings. The minimum absolute atomic E-state index is 0.0328. The molecule has 1 saturated heterocycles. The monoisotopic (exact) mass is 377 g/mol. The summed E-state index contributed by atoms with van der Waals surface area (Å²) in [5, 5.41) is 2.74. The molecule has 3 atom stereocenters. The lowest BCUT2D eigenvalue weighted by Crippen LogP contribution is -2.60. The van der Waals surface area contributed by atoms with Crippen LogP contribution in [0.15, 0.2) is 23.0 Å². The minimum Gasteiger partial charge on any atom is -0.337 e. The lowest BCUT2D eigenvalue weighted by Gasteiger charge is -2.47. The highest BCUT2D eigenvalue weighted by molar-refractivity contribution is 6.68. The molecule has 0 saturated carbocycles. The summed E-state index contributed by atoms with van der Waals surface area (Å²) in [7, 11) is 0. The number of carbonyl (C=O) groups excluding carboxylic acids is 1. The summed E-state index contributed by atoms with van der Waals surface area (Å²) in [6.07, 6.45) is 0.323. The molecule has 0 radical (unpaired) electrons. The smallest absolute Gasteiger partial charge is 0.250 e. The van der Waals surface area contributed by atoms with E-state index < -0.39 is 9.96 Å². The summed E-state index contributed by atoms with van der Waals surface area (Å²) in [6, 6.07) is 5.35. The zero-order valence-corrected chi connectivity index (χ0v) is 14.9. The van der Waals surface area contributed by atoms with Crippen molar-refractivity contribution in [3.05, 3.63) is 34.2 Å². The molecule has 0 unspecified atom stereocenters. The summed E-state index contributed by atoms with van der Waals surface area (Å²) < 4.78 is 0.229. The Hall–Kier alpha value is -0.750. The van der Waals surface area contributed by atoms with Crippen molar-refractivity contribution in [3.63, 3.8) is 0 Å². The molecular weight excluding hydrogens is 361 g/mol. The molecule has 1 fully saturated rings. The maximum atomic E-state index is 12.0. The van der Waals surface area contributed by atoms with Gasteiger partial charge in [0, 0.05) is 44.2 Å². The van der Waals surface area contributed by atoms with Crippen molar-refractivity contribution in [2.75, 3.05) is 13.1 Å². The summed E-state index contributed by atoms with van der Waals surface area (Å²) in [5.41, 5.74) is 1.05. The summed E-state index contributed by atoms with van der Waals surface area (Å²) in [4.78, 5) is 25.5. The molecule has 23 heavy (non-hydrogen) atoms. The molecule has 1 aromatic rings. The van der Waals surface area contributed by atoms with Crippen LogP contribution in [0, 0.1) is 5.92 Å². The average molecular weight is 379 g/mol. The van der Waals surface area contributed by atoms with Crippen molar-refractivity contribution >= 4 is 40.7 Å². The van der Waals surface area contributed by atoms with Gasteiger partial charge in [0.1, 0.15) is 6.17 Å². The van der Waals surface area contributed by atoms with E-state index in [1.165, 1.54) is 6.92 Å². The number of pyridine rings is 1. The fourth-order valence-corrected chi connectivity index (χ4v) is 4.29. The Kier molecular flexibility index (Phi) is 4.67. The van der Waals surface area contributed by atoms with Crippen LogP contribution in [0.3, 0.4) is 0 Å². The molecule has 1 amide bonds. The number of likely N-dealkylation sites (tertiary alicyclic amines) is 1. The van der Waals surface area contributed by atoms with Gasteiger partial charge in [0.2, 0.25) is 9.70 Å². The van der Waals surface area contributed by atoms with Crippen LogP contribution in [0.2, 0.25) is 0 Å². The highest BCUT2D eigenvalue weighted by Gasteiger charge is 2.43. The predicted molar refractivity (Wildman–Crippen MR) is 91.0 cm³/mol. The fraction of sp³-hybridized carbons (Fsp3) is 0.600. The number of nitrogens with one attached hydrogen (secondary N) is 1. The first kappa shape index (κ1) is 17.1. The second kappa shape index (κ2) is 6.28. The molecule has 0 spiro atoms. The standard InChI is InChI=1S/C15H18Cl3N3O2/c1-9(22)19-14(15(16,17)18)20-6-10-5-11(8-20)12-3-2-4-13(23)21(12)7-10/h2-4,10-11,14H,5-8H2,1H3,(H,19,22)/t10-,11-,14+/m0/s1. The topological polar surface area (TPSA) is 54.3 Å². The fourth-order valence-electron chi connectivity index (χ4n) is 3.72. The molecule has 126 valence electrons. The second-order valence-corrected chi connectivity index (χ2v) is 8.67. The Bertz CT molecular complexity index is 671. The highest BCUT2D eigenvalue weighted by Crippen LogP contribution is 2.39. The van der Waals surface area contributed by atoms with E-state index >= 15 is 0 Å². The average Bonchev–Trinajstić information content (AvgIpc) is 2.44. The number of halogens is 3. The minimum atomic E-state index is -1.62. The van der Waals surface area contributed by atoms with Crippen LogP contribution in [0.1, 0.15) is 25.0 Å². The van der Waals surface area contributed by atoms with Gasteiger partial charge in [0.15, 0.2) is 0 Å². The van der Waals surface area contributed by atoms with E-state index in [0.29, 0.717) is 25.6 Å². The molecule has 0 aliphatic carbocycles. The number of amides is 1. The first-order valence-corrected chi connectivity index (χ1v) is 8.66. The SMILES string of the molecule is CC(=O)N[C@H](N1C[C@@H]2C[C@@H](C1)c1cccc(=O)n1C2)C(Cl)(Cl)Cl. The quantitative estimate of drug-likeness (QED) is 0.802. The van der Waals surface area contributed by atoms with Gasteiger partial charge in [-0.25, -0.2) is 0 Å². The van der Waals surface area contributed by atoms with Crippen LogP contribution in [-0.4, -0.2) is 38.4 Å². The number of hydrogen-bond donors (Lipinski definition) is 1. The van der Waals surface area contributed by atoms with Crippen LogP contribution in [0.4, 0.5) is 0 Å². The van der Waals surface area contributed by atoms with Crippen molar-refractivity contribution in [2.45, 2.75) is 35.8 Å². The number of piperidine rings is 1. The van der Waals surface area contributed by atoms with Gasteiger partial charge in [-0.2, -0.15) is 0 Å². The molecule has 0 aromatic carbocycles. The Balaban J connectivity index is 1.89. The second-order valence-electron chi connectivity index (χ2n) is 6.30. The number of alkyl halides is 3. The predicted octanol–water partition coefficient (Wildman–Crippen LogP) is 2.10. The van der Waals surface area contributed by atoms with E-state index in [9.17, 15) is 9.59 Å². The van der Waals surface area contributed by atoms with Gasteiger partial charge in [-0.3, -0.25) is 14.5 Å². The largest absolute Gasteiger partial charge is 0.337 e. The van der Waals surface area contributed by atoms with Gasteiger partial charge >= 0.3 is 0 Å². The molecule has 8 heteroatoms. The van der Waals surface area contributed by atoms with Gasteiger partial charge in [0.25, 0.3) is 5.56 Å². The first-order valence-electron chi connectivity index (χ1n) is 7.53. The van der Waals surface area contributed by atoms with Crippen LogP contribution >= 0.6 is 34.8 Å². The molecular formula is C15H18Cl3N3O2. The van der Waals surface area contributed by atoms with Gasteiger partial charge in [-0.15, -0.1) is 0 Å². The van der Waals surface area contributed by atoms with Gasteiger partial charge in [-0.1, -0.05) is 40.9 Å². The number of aromatic nitrogens is 1. The van der Waals surface area contributed by atoms with Crippen LogP contribution in [-0.2, 0) is 11.3 Å². The molecule has 1 aromatic heterocycles. The van der Waals surface area contributed by atoms with Gasteiger partial charge in [-0.05, 0) is 18.4 Å². The van der Waals surface area contributed by atoms with Gasteiger partial charge < -0.3 is 9.88 Å². The lowest BCUT2D eigenvalue weighted by atomic mass is 9.83. The Morgan fingerprint density at radius 3 is 2.70 bits per heavy atom. The van der Waals surface area contributed by atoms with E-state index in [2.05, 4.69) is 5.32 Å². The molecule has 3 rings (SSSR count). The molecule has 1 N–H and O–H groups in total. The van der Waals surface area contributed by atoms with Crippen molar-refractivity contribution in [1.29, 1.82) is 0 Å². The zero-order chi connectivity index (χ0) is 16.8. The third kappa shape index (κ3) is 3.53. The van der Waals surface area contributed by atoms with E-state index in [1.54, 1.807) is 12.1 Å². The lowest BCUT2D eigenvalue weighted by molar-refractivity contribution is -0.121. The summed E-state index contributed by atoms with van der Waals surface area (Å²) >= 11 is 18.2. The number of carbonyl (C=O) groups is 1. The van der Waals surface area contributed by atoms with E-state index in [1.807, 2.05) is 15.5 Å².